The number of hydrogen-bond donors (Lipinski definition) is 3. The van der Waals surface area contributed by atoms with Crippen LogP contribution < -0.4 is 20.7 Å². The SMILES string of the molecule is CCOc1ccc([C@@H]2CCC[NH+]2Cc2nc(N)nc(Nc3ccccc3C)n2)cc1. The number of nitrogens with zero attached hydrogens (tertiary/aromatic N) is 3. The molecule has 1 aliphatic heterocycles. The van der Waals surface area contributed by atoms with E-state index < -0.39 is 0 Å². The maximum Gasteiger partial charge on any atom is 0.232 e. The van der Waals surface area contributed by atoms with Gasteiger partial charge in [0.25, 0.3) is 0 Å². The van der Waals surface area contributed by atoms with Crippen molar-refractivity contribution < 1.29 is 9.64 Å². The standard InChI is InChI=1S/C23H28N6O/c1-3-30-18-12-10-17(11-13-18)20-9-6-14-29(20)15-21-26-22(24)28-23(27-21)25-19-8-5-4-7-16(19)2/h4-5,7-8,10-13,20H,3,6,9,14-15H2,1-2H3,(H3,24,25,26,27,28)/p+1/t20-/m0/s1. The number of nitrogens with two attached hydrogens (primary N) is 1. The molecule has 7 heteroatoms. The number of benzene rings is 2. The van der Waals surface area contributed by atoms with E-state index in [9.17, 15) is 0 Å². The number of likely N-dealkylation sites (tertiary alicyclic amines) is 1. The Morgan fingerprint density at radius 2 is 1.90 bits per heavy atom. The average molecular weight is 406 g/mol. The highest BCUT2D eigenvalue weighted by atomic mass is 16.5. The van der Waals surface area contributed by atoms with Gasteiger partial charge in [-0.2, -0.15) is 15.0 Å². The third-order valence-corrected chi connectivity index (χ3v) is 5.55. The van der Waals surface area contributed by atoms with Crippen LogP contribution in [0.25, 0.3) is 0 Å². The molecule has 7 nitrogen and oxygen atoms in total. The number of ether oxygens (including phenoxy) is 1. The summed E-state index contributed by atoms with van der Waals surface area (Å²) in [5.74, 6) is 2.36. The van der Waals surface area contributed by atoms with Gasteiger partial charge in [-0.1, -0.05) is 18.2 Å². The quantitative estimate of drug-likeness (QED) is 0.560. The van der Waals surface area contributed by atoms with Gasteiger partial charge in [0.2, 0.25) is 11.9 Å². The number of rotatable bonds is 7. The van der Waals surface area contributed by atoms with Gasteiger partial charge in [0, 0.05) is 24.1 Å². The first kappa shape index (κ1) is 20.1. The molecular weight excluding hydrogens is 376 g/mol. The van der Waals surface area contributed by atoms with Crippen molar-refractivity contribution in [2.24, 2.45) is 0 Å². The Kier molecular flexibility index (Phi) is 6.09. The van der Waals surface area contributed by atoms with E-state index in [1.807, 2.05) is 38.1 Å². The molecule has 1 fully saturated rings. The predicted molar refractivity (Wildman–Crippen MR) is 118 cm³/mol. The topological polar surface area (TPSA) is 90.4 Å². The molecule has 1 saturated heterocycles. The number of nitrogens with one attached hydrogen (secondary N) is 2. The van der Waals surface area contributed by atoms with Crippen LogP contribution in [0.5, 0.6) is 5.75 Å². The molecule has 0 spiro atoms. The molecule has 30 heavy (non-hydrogen) atoms. The molecule has 1 aromatic heterocycles. The summed E-state index contributed by atoms with van der Waals surface area (Å²) >= 11 is 0. The maximum absolute atomic E-state index is 5.99. The lowest BCUT2D eigenvalue weighted by Gasteiger charge is -2.21. The summed E-state index contributed by atoms with van der Waals surface area (Å²) in [6, 6.07) is 16.9. The number of aryl methyl sites for hydroxylation is 1. The van der Waals surface area contributed by atoms with Crippen LogP contribution in [0.15, 0.2) is 48.5 Å². The second-order valence-electron chi connectivity index (χ2n) is 7.66. The Morgan fingerprint density at radius 3 is 2.67 bits per heavy atom. The van der Waals surface area contributed by atoms with Crippen molar-refractivity contribution in [2.45, 2.75) is 39.3 Å². The van der Waals surface area contributed by atoms with Crippen LogP contribution in [0.3, 0.4) is 0 Å². The monoisotopic (exact) mass is 405 g/mol. The third kappa shape index (κ3) is 4.68. The smallest absolute Gasteiger partial charge is 0.232 e. The molecule has 0 bridgehead atoms. The summed E-state index contributed by atoms with van der Waals surface area (Å²) in [5, 5.41) is 3.27. The first-order chi connectivity index (χ1) is 14.6. The molecule has 2 aromatic carbocycles. The summed E-state index contributed by atoms with van der Waals surface area (Å²) in [7, 11) is 0. The molecule has 2 atom stereocenters. The van der Waals surface area contributed by atoms with Crippen molar-refractivity contribution in [3.8, 4) is 5.75 Å². The van der Waals surface area contributed by atoms with Gasteiger partial charge in [-0.15, -0.1) is 0 Å². The second kappa shape index (κ2) is 9.09. The Morgan fingerprint density at radius 1 is 1.10 bits per heavy atom. The fourth-order valence-corrected chi connectivity index (χ4v) is 4.10. The van der Waals surface area contributed by atoms with Gasteiger partial charge in [-0.25, -0.2) is 0 Å². The van der Waals surface area contributed by atoms with Crippen molar-refractivity contribution in [1.29, 1.82) is 0 Å². The Hall–Kier alpha value is -3.19. The minimum absolute atomic E-state index is 0.243. The first-order valence-electron chi connectivity index (χ1n) is 10.5. The van der Waals surface area contributed by atoms with Gasteiger partial charge in [-0.3, -0.25) is 0 Å². The van der Waals surface area contributed by atoms with E-state index in [-0.39, 0.29) is 5.95 Å². The first-order valence-corrected chi connectivity index (χ1v) is 10.5. The molecule has 0 saturated carbocycles. The molecule has 1 aliphatic rings. The molecule has 2 heterocycles. The molecule has 0 amide bonds. The lowest BCUT2D eigenvalue weighted by atomic mass is 10.0. The van der Waals surface area contributed by atoms with E-state index >= 15 is 0 Å². The lowest BCUT2D eigenvalue weighted by molar-refractivity contribution is -0.932. The highest BCUT2D eigenvalue weighted by molar-refractivity contribution is 5.58. The molecule has 156 valence electrons. The van der Waals surface area contributed by atoms with Crippen molar-refractivity contribution in [3.05, 3.63) is 65.5 Å². The van der Waals surface area contributed by atoms with Crippen molar-refractivity contribution in [2.75, 3.05) is 24.2 Å². The van der Waals surface area contributed by atoms with E-state index in [1.165, 1.54) is 16.9 Å². The van der Waals surface area contributed by atoms with Crippen molar-refractivity contribution >= 4 is 17.6 Å². The third-order valence-electron chi connectivity index (χ3n) is 5.55. The average Bonchev–Trinajstić information content (AvgIpc) is 3.18. The Labute approximate surface area is 177 Å². The van der Waals surface area contributed by atoms with E-state index in [2.05, 4.69) is 44.5 Å². The molecule has 4 rings (SSSR count). The summed E-state index contributed by atoms with van der Waals surface area (Å²) in [5.41, 5.74) is 9.41. The van der Waals surface area contributed by atoms with Crippen LogP contribution in [-0.4, -0.2) is 28.1 Å². The molecule has 0 aliphatic carbocycles. The fourth-order valence-electron chi connectivity index (χ4n) is 4.10. The van der Waals surface area contributed by atoms with Gasteiger partial charge in [0.1, 0.15) is 18.3 Å². The summed E-state index contributed by atoms with van der Waals surface area (Å²) in [6.07, 6.45) is 2.33. The number of aromatic nitrogens is 3. The minimum atomic E-state index is 0.243. The van der Waals surface area contributed by atoms with Crippen LogP contribution >= 0.6 is 0 Å². The largest absolute Gasteiger partial charge is 0.494 e. The number of quaternary nitrogens is 1. The highest BCUT2D eigenvalue weighted by Crippen LogP contribution is 2.23. The van der Waals surface area contributed by atoms with Gasteiger partial charge < -0.3 is 20.7 Å². The summed E-state index contributed by atoms with van der Waals surface area (Å²) in [4.78, 5) is 14.8. The van der Waals surface area contributed by atoms with E-state index in [4.69, 9.17) is 10.5 Å². The normalized spacial score (nSPS) is 18.3. The van der Waals surface area contributed by atoms with E-state index in [0.29, 0.717) is 31.0 Å². The van der Waals surface area contributed by atoms with Gasteiger partial charge in [0.05, 0.1) is 13.2 Å². The van der Waals surface area contributed by atoms with Gasteiger partial charge >= 0.3 is 0 Å². The van der Waals surface area contributed by atoms with Crippen molar-refractivity contribution in [3.63, 3.8) is 0 Å². The van der Waals surface area contributed by atoms with Gasteiger partial charge in [0.15, 0.2) is 5.82 Å². The second-order valence-corrected chi connectivity index (χ2v) is 7.66. The predicted octanol–water partition coefficient (Wildman–Crippen LogP) is 2.82. The Bertz CT molecular complexity index is 991. The highest BCUT2D eigenvalue weighted by Gasteiger charge is 2.31. The zero-order chi connectivity index (χ0) is 20.9. The molecule has 4 N–H and O–H groups in total. The van der Waals surface area contributed by atoms with Crippen LogP contribution in [0.1, 0.15) is 42.8 Å². The lowest BCUT2D eigenvalue weighted by Crippen LogP contribution is -3.09. The number of para-hydroxylation sites is 1. The Balaban J connectivity index is 1.50. The zero-order valence-electron chi connectivity index (χ0n) is 17.6. The van der Waals surface area contributed by atoms with Crippen LogP contribution in [0.2, 0.25) is 0 Å². The number of nitrogen functional groups attached to an aromatic ring is 1. The molecule has 1 unspecified atom stereocenters. The fraction of sp³-hybridized carbons (Fsp3) is 0.348. The zero-order valence-corrected chi connectivity index (χ0v) is 17.6. The minimum Gasteiger partial charge on any atom is -0.494 e. The van der Waals surface area contributed by atoms with Gasteiger partial charge in [-0.05, 0) is 49.7 Å². The number of anilines is 3. The molecule has 0 radical (unpaired) electrons. The molecule has 3 aromatic rings. The summed E-state index contributed by atoms with van der Waals surface area (Å²) < 4.78 is 5.57. The summed E-state index contributed by atoms with van der Waals surface area (Å²) in [6.45, 7) is 6.53. The van der Waals surface area contributed by atoms with E-state index in [0.717, 1.165) is 30.0 Å². The molecular formula is C23H29N6O+. The number of hydrogen-bond acceptors (Lipinski definition) is 6. The van der Waals surface area contributed by atoms with Crippen LogP contribution in [0.4, 0.5) is 17.6 Å². The van der Waals surface area contributed by atoms with Crippen LogP contribution in [0, 0.1) is 6.92 Å². The van der Waals surface area contributed by atoms with Crippen LogP contribution in [-0.2, 0) is 6.54 Å². The maximum atomic E-state index is 5.99. The van der Waals surface area contributed by atoms with E-state index in [1.54, 1.807) is 0 Å². The van der Waals surface area contributed by atoms with Crippen molar-refractivity contribution in [1.82, 2.24) is 15.0 Å².